The van der Waals surface area contributed by atoms with E-state index in [0.717, 1.165) is 25.7 Å². The van der Waals surface area contributed by atoms with Crippen LogP contribution in [0.1, 0.15) is 32.1 Å². The minimum absolute atomic E-state index is 0.0348. The first-order valence-electron chi connectivity index (χ1n) is 10.5. The predicted molar refractivity (Wildman–Crippen MR) is 116 cm³/mol. The van der Waals surface area contributed by atoms with Crippen molar-refractivity contribution in [2.75, 3.05) is 35.6 Å². The average molecular weight is 451 g/mol. The molecular weight excluding hydrogens is 426 g/mol. The van der Waals surface area contributed by atoms with Crippen LogP contribution < -0.4 is 16.0 Å². The summed E-state index contributed by atoms with van der Waals surface area (Å²) in [6, 6.07) is 3.62. The topological polar surface area (TPSA) is 87.4 Å². The van der Waals surface area contributed by atoms with E-state index < -0.39 is 17.7 Å². The number of likely N-dealkylation sites (tertiary alicyclic amines) is 1. The van der Waals surface area contributed by atoms with Gasteiger partial charge in [0.1, 0.15) is 18.2 Å². The van der Waals surface area contributed by atoms with E-state index in [0.29, 0.717) is 31.7 Å². The number of hydrogen-bond acceptors (Lipinski definition) is 6. The summed E-state index contributed by atoms with van der Waals surface area (Å²) < 4.78 is 28.2. The fourth-order valence-electron chi connectivity index (χ4n) is 4.39. The van der Waals surface area contributed by atoms with Crippen molar-refractivity contribution in [2.45, 2.75) is 44.2 Å². The lowest BCUT2D eigenvalue weighted by atomic mass is 10.0. The van der Waals surface area contributed by atoms with Crippen LogP contribution in [0.2, 0.25) is 5.02 Å². The van der Waals surface area contributed by atoms with E-state index >= 15 is 0 Å². The van der Waals surface area contributed by atoms with E-state index in [1.807, 2.05) is 9.80 Å². The number of halogens is 3. The molecule has 2 aromatic rings. The molecule has 2 fully saturated rings. The number of anilines is 3. The highest BCUT2D eigenvalue weighted by Crippen LogP contribution is 2.28. The summed E-state index contributed by atoms with van der Waals surface area (Å²) in [6.45, 7) is 1.74. The minimum Gasteiger partial charge on any atom is -0.381 e. The Labute approximate surface area is 184 Å². The molecule has 166 valence electrons. The van der Waals surface area contributed by atoms with Gasteiger partial charge in [-0.3, -0.25) is 4.79 Å². The maximum atomic E-state index is 14.4. The van der Waals surface area contributed by atoms with Gasteiger partial charge in [0.15, 0.2) is 11.6 Å². The largest absolute Gasteiger partial charge is 0.381 e. The van der Waals surface area contributed by atoms with Gasteiger partial charge in [0, 0.05) is 36.4 Å². The zero-order valence-electron chi connectivity index (χ0n) is 17.0. The van der Waals surface area contributed by atoms with E-state index in [1.165, 1.54) is 18.5 Å². The number of nitrogens with zero attached hydrogens (tertiary/aromatic N) is 4. The number of hydrogen-bond donors (Lipinski definition) is 2. The van der Waals surface area contributed by atoms with Gasteiger partial charge in [0.2, 0.25) is 11.7 Å². The van der Waals surface area contributed by atoms with E-state index in [4.69, 9.17) is 17.3 Å². The first kappa shape index (κ1) is 21.5. The molecule has 1 aromatic heterocycles. The fraction of sp³-hybridized carbons (Fsp3) is 0.476. The molecule has 2 aliphatic heterocycles. The van der Waals surface area contributed by atoms with Crippen molar-refractivity contribution in [3.63, 3.8) is 0 Å². The van der Waals surface area contributed by atoms with E-state index in [2.05, 4.69) is 15.3 Å². The number of nitrogen functional groups attached to an aromatic ring is 1. The van der Waals surface area contributed by atoms with Crippen molar-refractivity contribution < 1.29 is 13.6 Å². The van der Waals surface area contributed by atoms with Crippen LogP contribution in [0.15, 0.2) is 24.5 Å². The van der Waals surface area contributed by atoms with Crippen LogP contribution in [0, 0.1) is 11.6 Å². The second-order valence-electron chi connectivity index (χ2n) is 8.02. The molecule has 1 amide bonds. The Bertz CT molecular complexity index is 941. The van der Waals surface area contributed by atoms with Gasteiger partial charge >= 0.3 is 0 Å². The van der Waals surface area contributed by atoms with Gasteiger partial charge in [-0.25, -0.2) is 14.4 Å². The SMILES string of the molecule is Nc1ncnc(N2CCCC(N3CCCC[C@@H](Nc4cc(F)cc(Cl)c4)C3=O)C2)c1F. The lowest BCUT2D eigenvalue weighted by molar-refractivity contribution is -0.134. The molecule has 1 aromatic carbocycles. The number of nitrogens with one attached hydrogen (secondary N) is 1. The summed E-state index contributed by atoms with van der Waals surface area (Å²) in [6.07, 6.45) is 5.27. The molecule has 0 saturated carbocycles. The zero-order valence-corrected chi connectivity index (χ0v) is 17.8. The molecule has 7 nitrogen and oxygen atoms in total. The van der Waals surface area contributed by atoms with Crippen molar-refractivity contribution in [3.8, 4) is 0 Å². The molecule has 2 aliphatic rings. The van der Waals surface area contributed by atoms with Crippen LogP contribution in [-0.2, 0) is 4.79 Å². The van der Waals surface area contributed by atoms with Crippen molar-refractivity contribution >= 4 is 34.8 Å². The monoisotopic (exact) mass is 450 g/mol. The van der Waals surface area contributed by atoms with Crippen LogP contribution in [0.4, 0.5) is 26.1 Å². The first-order chi connectivity index (χ1) is 14.9. The molecule has 31 heavy (non-hydrogen) atoms. The lowest BCUT2D eigenvalue weighted by Gasteiger charge is -2.40. The molecular formula is C21H25ClF2N6O. The Morgan fingerprint density at radius 3 is 2.74 bits per heavy atom. The van der Waals surface area contributed by atoms with E-state index in [1.54, 1.807) is 6.07 Å². The number of nitrogens with two attached hydrogens (primary N) is 1. The van der Waals surface area contributed by atoms with Gasteiger partial charge in [-0.15, -0.1) is 0 Å². The third-order valence-electron chi connectivity index (χ3n) is 5.86. The maximum Gasteiger partial charge on any atom is 0.245 e. The maximum absolute atomic E-state index is 14.4. The zero-order chi connectivity index (χ0) is 22.0. The average Bonchev–Trinajstić information content (AvgIpc) is 2.91. The Morgan fingerprint density at radius 2 is 1.94 bits per heavy atom. The summed E-state index contributed by atoms with van der Waals surface area (Å²) >= 11 is 5.95. The highest BCUT2D eigenvalue weighted by atomic mass is 35.5. The van der Waals surface area contributed by atoms with Crippen molar-refractivity contribution in [2.24, 2.45) is 0 Å². The number of benzene rings is 1. The highest BCUT2D eigenvalue weighted by molar-refractivity contribution is 6.30. The third-order valence-corrected chi connectivity index (χ3v) is 6.08. The molecule has 0 aliphatic carbocycles. The van der Waals surface area contributed by atoms with E-state index in [9.17, 15) is 13.6 Å². The van der Waals surface area contributed by atoms with Crippen LogP contribution in [0.5, 0.6) is 0 Å². The lowest BCUT2D eigenvalue weighted by Crippen LogP contribution is -2.53. The highest BCUT2D eigenvalue weighted by Gasteiger charge is 2.35. The number of piperidine rings is 1. The summed E-state index contributed by atoms with van der Waals surface area (Å²) in [7, 11) is 0. The summed E-state index contributed by atoms with van der Waals surface area (Å²) in [5, 5.41) is 3.43. The molecule has 3 heterocycles. The first-order valence-corrected chi connectivity index (χ1v) is 10.8. The second-order valence-corrected chi connectivity index (χ2v) is 8.46. The molecule has 2 atom stereocenters. The van der Waals surface area contributed by atoms with Crippen LogP contribution >= 0.6 is 11.6 Å². The Kier molecular flexibility index (Phi) is 6.41. The summed E-state index contributed by atoms with van der Waals surface area (Å²) in [5.74, 6) is -1.14. The fourth-order valence-corrected chi connectivity index (χ4v) is 4.62. The number of rotatable bonds is 4. The Morgan fingerprint density at radius 1 is 1.10 bits per heavy atom. The molecule has 0 spiro atoms. The normalized spacial score (nSPS) is 22.4. The molecule has 0 radical (unpaired) electrons. The predicted octanol–water partition coefficient (Wildman–Crippen LogP) is 3.45. The molecule has 10 heteroatoms. The van der Waals surface area contributed by atoms with Crippen LogP contribution in [-0.4, -0.2) is 52.5 Å². The third kappa shape index (κ3) is 4.81. The molecule has 2 saturated heterocycles. The molecule has 1 unspecified atom stereocenters. The summed E-state index contributed by atoms with van der Waals surface area (Å²) in [5.41, 5.74) is 6.08. The van der Waals surface area contributed by atoms with Gasteiger partial charge < -0.3 is 20.9 Å². The molecule has 3 N–H and O–H groups in total. The van der Waals surface area contributed by atoms with Gasteiger partial charge in [0.25, 0.3) is 0 Å². The second kappa shape index (κ2) is 9.21. The quantitative estimate of drug-likeness (QED) is 0.741. The van der Waals surface area contributed by atoms with Gasteiger partial charge in [-0.05, 0) is 50.3 Å². The van der Waals surface area contributed by atoms with Crippen molar-refractivity contribution in [1.29, 1.82) is 0 Å². The van der Waals surface area contributed by atoms with Crippen molar-refractivity contribution in [3.05, 3.63) is 41.2 Å². The Balaban J connectivity index is 1.51. The number of carbonyl (C=O) groups is 1. The molecule has 0 bridgehead atoms. The number of aromatic nitrogens is 2. The van der Waals surface area contributed by atoms with Gasteiger partial charge in [-0.2, -0.15) is 4.39 Å². The molecule has 4 rings (SSSR count). The smallest absolute Gasteiger partial charge is 0.245 e. The number of amides is 1. The summed E-state index contributed by atoms with van der Waals surface area (Å²) in [4.78, 5) is 24.8. The van der Waals surface area contributed by atoms with Gasteiger partial charge in [0.05, 0.1) is 0 Å². The van der Waals surface area contributed by atoms with Crippen LogP contribution in [0.3, 0.4) is 0 Å². The Hall–Kier alpha value is -2.68. The van der Waals surface area contributed by atoms with E-state index in [-0.39, 0.29) is 28.6 Å². The van der Waals surface area contributed by atoms with Gasteiger partial charge in [-0.1, -0.05) is 11.6 Å². The van der Waals surface area contributed by atoms with Crippen LogP contribution in [0.25, 0.3) is 0 Å². The minimum atomic E-state index is -0.632. The standard InChI is InChI=1S/C21H25ClF2N6O/c22-13-8-14(23)10-15(9-13)28-17-5-1-2-7-30(21(17)31)16-4-3-6-29(11-16)20-18(24)19(25)26-12-27-20/h8-10,12,16-17,28H,1-7,11H2,(H2,25,26,27)/t16?,17-/m1/s1. The van der Waals surface area contributed by atoms with Crippen molar-refractivity contribution in [1.82, 2.24) is 14.9 Å². The number of carbonyl (C=O) groups excluding carboxylic acids is 1.